The Morgan fingerprint density at radius 2 is 2.00 bits per heavy atom. The van der Waals surface area contributed by atoms with Gasteiger partial charge in [0.1, 0.15) is 0 Å². The predicted molar refractivity (Wildman–Crippen MR) is 83.1 cm³/mol. The summed E-state index contributed by atoms with van der Waals surface area (Å²) in [5.41, 5.74) is 0.772. The smallest absolute Gasteiger partial charge is 0.238 e. The largest absolute Gasteiger partial charge is 0.382 e. The Balaban J connectivity index is 2.67. The molecule has 4 nitrogen and oxygen atoms in total. The highest BCUT2D eigenvalue weighted by Crippen LogP contribution is 2.24. The molecular weight excluding hydrogens is 280 g/mol. The highest BCUT2D eigenvalue weighted by molar-refractivity contribution is 8.00. The van der Waals surface area contributed by atoms with Gasteiger partial charge >= 0.3 is 0 Å². The first-order valence-electron chi connectivity index (χ1n) is 6.11. The van der Waals surface area contributed by atoms with E-state index in [9.17, 15) is 8.42 Å². The lowest BCUT2D eigenvalue weighted by Gasteiger charge is -2.22. The minimum Gasteiger partial charge on any atom is -0.382 e. The minimum absolute atomic E-state index is 0.133. The molecule has 108 valence electrons. The number of nitrogens with two attached hydrogens (primary N) is 1. The summed E-state index contributed by atoms with van der Waals surface area (Å²) >= 11 is 1.87. The number of sulfonamides is 1. The number of hydrogen-bond acceptors (Lipinski definition) is 4. The lowest BCUT2D eigenvalue weighted by atomic mass is 10.3. The Kier molecular flexibility index (Phi) is 5.29. The zero-order chi connectivity index (χ0) is 14.7. The van der Waals surface area contributed by atoms with Gasteiger partial charge in [0, 0.05) is 22.2 Å². The van der Waals surface area contributed by atoms with Gasteiger partial charge in [-0.2, -0.15) is 11.8 Å². The summed E-state index contributed by atoms with van der Waals surface area (Å²) in [6.45, 7) is 8.59. The Morgan fingerprint density at radius 1 is 1.37 bits per heavy atom. The number of nitrogens with one attached hydrogen (secondary N) is 1. The molecule has 1 aromatic rings. The molecule has 1 rings (SSSR count). The first-order valence-corrected chi connectivity index (χ1v) is 8.64. The summed E-state index contributed by atoms with van der Waals surface area (Å²) in [6, 6.07) is 6.83. The van der Waals surface area contributed by atoms with Gasteiger partial charge in [-0.25, -0.2) is 13.6 Å². The molecular formula is C13H22N2O2S2. The molecule has 0 aliphatic rings. The van der Waals surface area contributed by atoms with Crippen LogP contribution >= 0.6 is 11.8 Å². The van der Waals surface area contributed by atoms with Gasteiger partial charge in [0.25, 0.3) is 0 Å². The predicted octanol–water partition coefficient (Wildman–Crippen LogP) is 2.67. The van der Waals surface area contributed by atoms with Crippen LogP contribution in [0.25, 0.3) is 0 Å². The van der Waals surface area contributed by atoms with Crippen molar-refractivity contribution >= 4 is 27.5 Å². The molecule has 3 N–H and O–H groups in total. The molecule has 0 aliphatic heterocycles. The number of rotatable bonds is 5. The second-order valence-electron chi connectivity index (χ2n) is 5.54. The summed E-state index contributed by atoms with van der Waals surface area (Å²) < 4.78 is 22.8. The molecule has 0 bridgehead atoms. The van der Waals surface area contributed by atoms with Crippen LogP contribution in [0.3, 0.4) is 0 Å². The first kappa shape index (κ1) is 16.3. The van der Waals surface area contributed by atoms with E-state index in [1.807, 2.05) is 17.8 Å². The summed E-state index contributed by atoms with van der Waals surface area (Å²) in [5.74, 6) is 0.948. The van der Waals surface area contributed by atoms with Gasteiger partial charge in [0.2, 0.25) is 10.0 Å². The molecule has 6 heteroatoms. The third-order valence-corrected chi connectivity index (χ3v) is 4.79. The van der Waals surface area contributed by atoms with Crippen LogP contribution in [0.2, 0.25) is 0 Å². The fraction of sp³-hybridized carbons (Fsp3) is 0.538. The van der Waals surface area contributed by atoms with E-state index >= 15 is 0 Å². The lowest BCUT2D eigenvalue weighted by Crippen LogP contribution is -2.22. The van der Waals surface area contributed by atoms with Gasteiger partial charge in [-0.3, -0.25) is 0 Å². The molecule has 0 radical (unpaired) electrons. The normalized spacial score (nSPS) is 14.2. The molecule has 0 saturated carbocycles. The number of benzene rings is 1. The zero-order valence-electron chi connectivity index (χ0n) is 11.8. The quantitative estimate of drug-likeness (QED) is 0.877. The maximum Gasteiger partial charge on any atom is 0.238 e. The van der Waals surface area contributed by atoms with Crippen LogP contribution in [0.4, 0.5) is 5.69 Å². The Bertz CT molecular complexity index is 522. The first-order chi connectivity index (χ1) is 8.58. The Hall–Kier alpha value is -0.720. The highest BCUT2D eigenvalue weighted by Gasteiger charge is 2.13. The van der Waals surface area contributed by atoms with E-state index in [1.54, 1.807) is 12.1 Å². The molecule has 0 unspecified atom stereocenters. The summed E-state index contributed by atoms with van der Waals surface area (Å²) in [6.07, 6.45) is 0. The molecule has 0 amide bonds. The van der Waals surface area contributed by atoms with E-state index in [0.717, 1.165) is 11.4 Å². The van der Waals surface area contributed by atoms with Crippen molar-refractivity contribution < 1.29 is 8.42 Å². The fourth-order valence-electron chi connectivity index (χ4n) is 1.46. The highest BCUT2D eigenvalue weighted by atomic mass is 32.2. The molecule has 1 atom stereocenters. The monoisotopic (exact) mass is 302 g/mol. The molecule has 0 spiro atoms. The van der Waals surface area contributed by atoms with E-state index in [-0.39, 0.29) is 15.7 Å². The van der Waals surface area contributed by atoms with Gasteiger partial charge in [-0.1, -0.05) is 26.8 Å². The van der Waals surface area contributed by atoms with E-state index < -0.39 is 10.0 Å². The number of anilines is 1. The minimum atomic E-state index is -3.64. The molecule has 0 saturated heterocycles. The number of primary sulfonamides is 1. The van der Waals surface area contributed by atoms with E-state index in [0.29, 0.717) is 0 Å². The number of thioether (sulfide) groups is 1. The van der Waals surface area contributed by atoms with Crippen LogP contribution in [-0.2, 0) is 10.0 Å². The van der Waals surface area contributed by atoms with E-state index in [1.165, 1.54) is 6.07 Å². The second-order valence-corrected chi connectivity index (χ2v) is 8.95. The van der Waals surface area contributed by atoms with Crippen molar-refractivity contribution in [3.05, 3.63) is 24.3 Å². The molecule has 0 fully saturated rings. The van der Waals surface area contributed by atoms with Gasteiger partial charge in [-0.15, -0.1) is 0 Å². The molecule has 1 aromatic carbocycles. The SMILES string of the molecule is C[C@@H](CSC(C)(C)C)Nc1cccc(S(N)(=O)=O)c1. The Labute approximate surface area is 120 Å². The summed E-state index contributed by atoms with van der Waals surface area (Å²) in [4.78, 5) is 0.133. The third-order valence-electron chi connectivity index (χ3n) is 2.34. The van der Waals surface area contributed by atoms with Crippen molar-refractivity contribution in [1.82, 2.24) is 0 Å². The average Bonchev–Trinajstić information content (AvgIpc) is 2.25. The van der Waals surface area contributed by atoms with Gasteiger partial charge in [-0.05, 0) is 25.1 Å². The van der Waals surface area contributed by atoms with E-state index in [4.69, 9.17) is 5.14 Å². The standard InChI is InChI=1S/C13H22N2O2S2/c1-10(9-18-13(2,3)4)15-11-6-5-7-12(8-11)19(14,16)17/h5-8,10,15H,9H2,1-4H3,(H2,14,16,17)/t10-/m0/s1. The van der Waals surface area contributed by atoms with Gasteiger partial charge < -0.3 is 5.32 Å². The topological polar surface area (TPSA) is 72.2 Å². The van der Waals surface area contributed by atoms with Crippen LogP contribution in [-0.4, -0.2) is 25.0 Å². The van der Waals surface area contributed by atoms with Gasteiger partial charge in [0.15, 0.2) is 0 Å². The molecule has 0 heterocycles. The van der Waals surface area contributed by atoms with Crippen molar-refractivity contribution in [2.45, 2.75) is 43.4 Å². The van der Waals surface area contributed by atoms with Crippen molar-refractivity contribution in [3.63, 3.8) is 0 Å². The van der Waals surface area contributed by atoms with Gasteiger partial charge in [0.05, 0.1) is 4.90 Å². The van der Waals surface area contributed by atoms with Crippen LogP contribution in [0.15, 0.2) is 29.2 Å². The van der Waals surface area contributed by atoms with Crippen molar-refractivity contribution in [1.29, 1.82) is 0 Å². The summed E-state index contributed by atoms with van der Waals surface area (Å²) in [5, 5.41) is 8.40. The zero-order valence-corrected chi connectivity index (χ0v) is 13.4. The second kappa shape index (κ2) is 6.15. The summed E-state index contributed by atoms with van der Waals surface area (Å²) in [7, 11) is -3.64. The maximum atomic E-state index is 11.3. The molecule has 0 aromatic heterocycles. The maximum absolute atomic E-state index is 11.3. The van der Waals surface area contributed by atoms with Crippen molar-refractivity contribution in [2.75, 3.05) is 11.1 Å². The third kappa shape index (κ3) is 6.31. The van der Waals surface area contributed by atoms with Crippen LogP contribution in [0, 0.1) is 0 Å². The van der Waals surface area contributed by atoms with Crippen molar-refractivity contribution in [2.24, 2.45) is 5.14 Å². The van der Waals surface area contributed by atoms with Crippen LogP contribution in [0.5, 0.6) is 0 Å². The van der Waals surface area contributed by atoms with Crippen LogP contribution in [0.1, 0.15) is 27.7 Å². The molecule has 0 aliphatic carbocycles. The number of hydrogen-bond donors (Lipinski definition) is 2. The fourth-order valence-corrected chi connectivity index (χ4v) is 2.86. The molecule has 19 heavy (non-hydrogen) atoms. The van der Waals surface area contributed by atoms with Crippen LogP contribution < -0.4 is 10.5 Å². The Morgan fingerprint density at radius 3 is 2.53 bits per heavy atom. The lowest BCUT2D eigenvalue weighted by molar-refractivity contribution is 0.598. The van der Waals surface area contributed by atoms with Crippen molar-refractivity contribution in [3.8, 4) is 0 Å². The van der Waals surface area contributed by atoms with E-state index in [2.05, 4.69) is 33.0 Å². The average molecular weight is 302 g/mol.